The first-order valence-corrected chi connectivity index (χ1v) is 9.20. The molecule has 2 saturated heterocycles. The van der Waals surface area contributed by atoms with E-state index in [2.05, 4.69) is 28.8 Å². The van der Waals surface area contributed by atoms with Gasteiger partial charge in [-0.15, -0.1) is 12.4 Å². The van der Waals surface area contributed by atoms with E-state index in [0.717, 1.165) is 31.5 Å². The van der Waals surface area contributed by atoms with Crippen molar-refractivity contribution < 1.29 is 19.1 Å². The largest absolute Gasteiger partial charge is 0.448 e. The van der Waals surface area contributed by atoms with Crippen LogP contribution in [0.1, 0.15) is 30.0 Å². The topological polar surface area (TPSA) is 79.9 Å². The zero-order valence-corrected chi connectivity index (χ0v) is 16.2. The molecule has 0 bridgehead atoms. The molecule has 8 heteroatoms. The number of piperidine rings is 1. The predicted octanol–water partition coefficient (Wildman–Crippen LogP) is 1.37. The Morgan fingerprint density at radius 2 is 2.11 bits per heavy atom. The number of amides is 2. The van der Waals surface area contributed by atoms with Gasteiger partial charge in [0.25, 0.3) is 0 Å². The summed E-state index contributed by atoms with van der Waals surface area (Å²) in [5, 5.41) is 6.54. The van der Waals surface area contributed by atoms with Crippen LogP contribution in [0.3, 0.4) is 0 Å². The van der Waals surface area contributed by atoms with Crippen molar-refractivity contribution in [3.8, 4) is 0 Å². The number of benzene rings is 1. The first kappa shape index (κ1) is 19.9. The predicted molar refractivity (Wildman–Crippen MR) is 102 cm³/mol. The monoisotopic (exact) mass is 395 g/mol. The van der Waals surface area contributed by atoms with Crippen molar-refractivity contribution in [1.82, 2.24) is 15.5 Å². The maximum Gasteiger partial charge on any atom is 0.410 e. The molecule has 4 rings (SSSR count). The third-order valence-electron chi connectivity index (χ3n) is 5.93. The van der Waals surface area contributed by atoms with Crippen molar-refractivity contribution in [3.05, 3.63) is 35.4 Å². The zero-order valence-electron chi connectivity index (χ0n) is 15.4. The third-order valence-corrected chi connectivity index (χ3v) is 5.93. The summed E-state index contributed by atoms with van der Waals surface area (Å²) in [6.07, 6.45) is 1.42. The van der Waals surface area contributed by atoms with Gasteiger partial charge in [-0.2, -0.15) is 0 Å². The summed E-state index contributed by atoms with van der Waals surface area (Å²) >= 11 is 0. The molecule has 7 nitrogen and oxygen atoms in total. The Hall–Kier alpha value is -1.83. The summed E-state index contributed by atoms with van der Waals surface area (Å²) in [5.41, 5.74) is 2.32. The van der Waals surface area contributed by atoms with E-state index in [0.29, 0.717) is 13.2 Å². The van der Waals surface area contributed by atoms with Gasteiger partial charge in [-0.1, -0.05) is 24.3 Å². The Kier molecular flexibility index (Phi) is 5.93. The van der Waals surface area contributed by atoms with E-state index < -0.39 is 6.09 Å². The fourth-order valence-corrected chi connectivity index (χ4v) is 4.76. The number of cyclic esters (lactones) is 1. The van der Waals surface area contributed by atoms with Gasteiger partial charge in [-0.25, -0.2) is 4.79 Å². The van der Waals surface area contributed by atoms with Gasteiger partial charge in [0.05, 0.1) is 18.7 Å². The lowest BCUT2D eigenvalue weighted by Crippen LogP contribution is -2.50. The average Bonchev–Trinajstić information content (AvgIpc) is 3.16. The van der Waals surface area contributed by atoms with Gasteiger partial charge in [-0.3, -0.25) is 9.69 Å². The molecule has 2 aliphatic heterocycles. The van der Waals surface area contributed by atoms with Crippen LogP contribution in [0, 0.1) is 0 Å². The third kappa shape index (κ3) is 3.39. The SMILES string of the molecule is CO[C@H]1[C@H](NC(=O)CN2CCOC2=O)c2ccccc2C12CCNCC2.Cl. The van der Waals surface area contributed by atoms with Crippen molar-refractivity contribution in [2.45, 2.75) is 30.4 Å². The average molecular weight is 396 g/mol. The van der Waals surface area contributed by atoms with Crippen molar-refractivity contribution in [2.24, 2.45) is 0 Å². The first-order valence-electron chi connectivity index (χ1n) is 9.20. The van der Waals surface area contributed by atoms with Crippen LogP contribution in [0.5, 0.6) is 0 Å². The fourth-order valence-electron chi connectivity index (χ4n) is 4.76. The summed E-state index contributed by atoms with van der Waals surface area (Å²) in [7, 11) is 1.72. The zero-order chi connectivity index (χ0) is 18.1. The van der Waals surface area contributed by atoms with Crippen LogP contribution in [0.4, 0.5) is 4.79 Å². The Balaban J connectivity index is 0.00000210. The van der Waals surface area contributed by atoms with E-state index >= 15 is 0 Å². The van der Waals surface area contributed by atoms with Gasteiger partial charge in [0.2, 0.25) is 5.91 Å². The summed E-state index contributed by atoms with van der Waals surface area (Å²) in [5.74, 6) is -0.184. The number of fused-ring (bicyclic) bond motifs is 2. The van der Waals surface area contributed by atoms with Gasteiger partial charge in [-0.05, 0) is 37.1 Å². The first-order chi connectivity index (χ1) is 12.7. The highest BCUT2D eigenvalue weighted by Crippen LogP contribution is 2.51. The molecule has 1 aliphatic carbocycles. The number of hydrogen-bond acceptors (Lipinski definition) is 5. The van der Waals surface area contributed by atoms with E-state index in [9.17, 15) is 9.59 Å². The quantitative estimate of drug-likeness (QED) is 0.804. The second kappa shape index (κ2) is 8.04. The van der Waals surface area contributed by atoms with Crippen LogP contribution in [0.15, 0.2) is 24.3 Å². The molecule has 0 saturated carbocycles. The van der Waals surface area contributed by atoms with Gasteiger partial charge in [0, 0.05) is 12.5 Å². The highest BCUT2D eigenvalue weighted by molar-refractivity contribution is 5.85. The number of hydrogen-bond donors (Lipinski definition) is 2. The number of ether oxygens (including phenoxy) is 2. The number of carbonyl (C=O) groups is 2. The molecule has 0 radical (unpaired) electrons. The van der Waals surface area contributed by atoms with Crippen molar-refractivity contribution in [3.63, 3.8) is 0 Å². The number of carbonyl (C=O) groups excluding carboxylic acids is 2. The Labute approximate surface area is 165 Å². The molecule has 0 unspecified atom stereocenters. The summed E-state index contributed by atoms with van der Waals surface area (Å²) in [6.45, 7) is 2.69. The Morgan fingerprint density at radius 3 is 2.78 bits per heavy atom. The molecule has 1 aromatic carbocycles. The molecular formula is C19H26ClN3O4. The molecule has 27 heavy (non-hydrogen) atoms. The number of nitrogens with zero attached hydrogens (tertiary/aromatic N) is 1. The molecule has 2 heterocycles. The lowest BCUT2D eigenvalue weighted by atomic mass is 9.72. The summed E-state index contributed by atoms with van der Waals surface area (Å²) in [6, 6.07) is 8.09. The number of rotatable bonds is 4. The Morgan fingerprint density at radius 1 is 1.37 bits per heavy atom. The van der Waals surface area contributed by atoms with Crippen LogP contribution in [-0.4, -0.2) is 62.9 Å². The molecule has 2 atom stereocenters. The number of methoxy groups -OCH3 is 1. The molecule has 1 spiro atoms. The van der Waals surface area contributed by atoms with E-state index in [1.165, 1.54) is 10.5 Å². The minimum atomic E-state index is -0.426. The molecule has 3 aliphatic rings. The van der Waals surface area contributed by atoms with Gasteiger partial charge >= 0.3 is 6.09 Å². The summed E-state index contributed by atoms with van der Waals surface area (Å²) < 4.78 is 10.8. The maximum absolute atomic E-state index is 12.6. The van der Waals surface area contributed by atoms with E-state index in [1.54, 1.807) is 7.11 Å². The van der Waals surface area contributed by atoms with E-state index in [-0.39, 0.29) is 42.4 Å². The Bertz CT molecular complexity index is 708. The lowest BCUT2D eigenvalue weighted by Gasteiger charge is -2.40. The standard InChI is InChI=1S/C19H25N3O4.ClH/c1-25-17-16(21-15(23)12-22-10-11-26-18(22)24)13-4-2-3-5-14(13)19(17)6-8-20-9-7-19;/h2-5,16-17,20H,6-12H2,1H3,(H,21,23);1H/t16-,17+;/m1./s1. The van der Waals surface area contributed by atoms with Crippen LogP contribution < -0.4 is 10.6 Å². The van der Waals surface area contributed by atoms with Crippen LogP contribution in [0.2, 0.25) is 0 Å². The fraction of sp³-hybridized carbons (Fsp3) is 0.579. The van der Waals surface area contributed by atoms with Gasteiger partial charge in [0.15, 0.2) is 0 Å². The minimum absolute atomic E-state index is 0. The molecule has 2 N–H and O–H groups in total. The lowest BCUT2D eigenvalue weighted by molar-refractivity contribution is -0.123. The number of halogens is 1. The smallest absolute Gasteiger partial charge is 0.410 e. The molecule has 148 valence electrons. The molecular weight excluding hydrogens is 370 g/mol. The molecule has 2 fully saturated rings. The second-order valence-electron chi connectivity index (χ2n) is 7.23. The van der Waals surface area contributed by atoms with E-state index in [4.69, 9.17) is 9.47 Å². The van der Waals surface area contributed by atoms with Crippen LogP contribution in [0.25, 0.3) is 0 Å². The normalized spacial score (nSPS) is 25.7. The summed E-state index contributed by atoms with van der Waals surface area (Å²) in [4.78, 5) is 25.6. The van der Waals surface area contributed by atoms with E-state index in [1.807, 2.05) is 6.07 Å². The van der Waals surface area contributed by atoms with Crippen molar-refractivity contribution in [1.29, 1.82) is 0 Å². The van der Waals surface area contributed by atoms with Gasteiger partial charge < -0.3 is 20.1 Å². The molecule has 2 amide bonds. The second-order valence-corrected chi connectivity index (χ2v) is 7.23. The molecule has 1 aromatic rings. The molecule has 0 aromatic heterocycles. The highest BCUT2D eigenvalue weighted by Gasteiger charge is 2.53. The van der Waals surface area contributed by atoms with Crippen molar-refractivity contribution >= 4 is 24.4 Å². The van der Waals surface area contributed by atoms with Crippen LogP contribution in [-0.2, 0) is 19.7 Å². The van der Waals surface area contributed by atoms with Crippen LogP contribution >= 0.6 is 12.4 Å². The highest BCUT2D eigenvalue weighted by atomic mass is 35.5. The maximum atomic E-state index is 12.6. The van der Waals surface area contributed by atoms with Gasteiger partial charge in [0.1, 0.15) is 13.2 Å². The van der Waals surface area contributed by atoms with Crippen molar-refractivity contribution in [2.75, 3.05) is 39.9 Å². The minimum Gasteiger partial charge on any atom is -0.448 e. The number of nitrogens with one attached hydrogen (secondary N) is 2.